The molecule has 2 aliphatic rings. The monoisotopic (exact) mass is 394 g/mol. The number of amides is 2. The van der Waals surface area contributed by atoms with Crippen molar-refractivity contribution in [3.05, 3.63) is 54.1 Å². The van der Waals surface area contributed by atoms with Crippen molar-refractivity contribution in [2.24, 2.45) is 0 Å². The predicted molar refractivity (Wildman–Crippen MR) is 110 cm³/mol. The number of methoxy groups -OCH3 is 1. The zero-order chi connectivity index (χ0) is 20.4. The van der Waals surface area contributed by atoms with Crippen LogP contribution in [0.15, 0.2) is 48.5 Å². The number of ether oxygens (including phenoxy) is 2. The summed E-state index contributed by atoms with van der Waals surface area (Å²) in [6.07, 6.45) is 1.97. The Bertz CT molecular complexity index is 929. The Morgan fingerprint density at radius 2 is 2.07 bits per heavy atom. The highest BCUT2D eigenvalue weighted by Gasteiger charge is 2.53. The molecule has 2 aliphatic heterocycles. The molecular formula is C23H26N2O4. The molecule has 2 aromatic rings. The van der Waals surface area contributed by atoms with Crippen LogP contribution in [-0.2, 0) is 15.0 Å². The lowest BCUT2D eigenvalue weighted by molar-refractivity contribution is -0.128. The van der Waals surface area contributed by atoms with Gasteiger partial charge in [0.15, 0.2) is 0 Å². The molecule has 0 bridgehead atoms. The number of anilines is 1. The first-order valence-electron chi connectivity index (χ1n) is 10.0. The number of hydrogen-bond acceptors (Lipinski definition) is 4. The Labute approximate surface area is 170 Å². The molecular weight excluding hydrogens is 368 g/mol. The summed E-state index contributed by atoms with van der Waals surface area (Å²) in [5, 5.41) is 3.08. The highest BCUT2D eigenvalue weighted by Crippen LogP contribution is 2.44. The smallest absolute Gasteiger partial charge is 0.237 e. The van der Waals surface area contributed by atoms with Crippen molar-refractivity contribution in [1.82, 2.24) is 4.90 Å². The third-order valence-electron chi connectivity index (χ3n) is 5.97. The fraction of sp³-hybridized carbons (Fsp3) is 0.391. The van der Waals surface area contributed by atoms with E-state index in [2.05, 4.69) is 5.32 Å². The quantitative estimate of drug-likeness (QED) is 0.816. The van der Waals surface area contributed by atoms with E-state index in [4.69, 9.17) is 9.47 Å². The fourth-order valence-corrected chi connectivity index (χ4v) is 4.50. The molecule has 0 aliphatic carbocycles. The van der Waals surface area contributed by atoms with Crippen LogP contribution in [0.5, 0.6) is 11.5 Å². The molecule has 0 aromatic heterocycles. The second kappa shape index (κ2) is 7.78. The molecule has 29 heavy (non-hydrogen) atoms. The van der Waals surface area contributed by atoms with Crippen LogP contribution in [0, 0.1) is 0 Å². The average molecular weight is 394 g/mol. The molecule has 2 saturated heterocycles. The molecule has 6 heteroatoms. The van der Waals surface area contributed by atoms with Crippen molar-refractivity contribution in [1.29, 1.82) is 0 Å². The number of hydrogen-bond donors (Lipinski definition) is 1. The number of carbonyl (C=O) groups is 2. The molecule has 2 unspecified atom stereocenters. The van der Waals surface area contributed by atoms with Crippen LogP contribution >= 0.6 is 0 Å². The van der Waals surface area contributed by atoms with Crippen LogP contribution in [0.3, 0.4) is 0 Å². The van der Waals surface area contributed by atoms with Crippen LogP contribution in [-0.4, -0.2) is 43.0 Å². The molecule has 2 heterocycles. The van der Waals surface area contributed by atoms with Gasteiger partial charge in [-0.15, -0.1) is 0 Å². The van der Waals surface area contributed by atoms with Gasteiger partial charge in [0.25, 0.3) is 0 Å². The normalized spacial score (nSPS) is 23.0. The molecule has 2 atom stereocenters. The number of para-hydroxylation sites is 2. The Balaban J connectivity index is 1.71. The van der Waals surface area contributed by atoms with E-state index in [9.17, 15) is 9.59 Å². The van der Waals surface area contributed by atoms with Crippen LogP contribution in [0.1, 0.15) is 31.7 Å². The Kier molecular flexibility index (Phi) is 5.18. The summed E-state index contributed by atoms with van der Waals surface area (Å²) in [7, 11) is 1.61. The minimum atomic E-state index is -0.825. The van der Waals surface area contributed by atoms with Crippen LogP contribution in [0.25, 0.3) is 0 Å². The van der Waals surface area contributed by atoms with Gasteiger partial charge < -0.3 is 19.7 Å². The van der Waals surface area contributed by atoms with Gasteiger partial charge in [-0.3, -0.25) is 9.59 Å². The molecule has 4 rings (SSSR count). The molecule has 0 saturated carbocycles. The van der Waals surface area contributed by atoms with Gasteiger partial charge in [0.1, 0.15) is 11.5 Å². The molecule has 2 amide bonds. The highest BCUT2D eigenvalue weighted by atomic mass is 16.5. The van der Waals surface area contributed by atoms with Crippen LogP contribution in [0.2, 0.25) is 0 Å². The maximum atomic E-state index is 13.7. The summed E-state index contributed by atoms with van der Waals surface area (Å²) < 4.78 is 11.1. The SMILES string of the molecule is CCOc1ccccc1NC(=O)C1(c2cccc(OC)c2)CC2CCC(=O)N2C1. The van der Waals surface area contributed by atoms with Crippen LogP contribution in [0.4, 0.5) is 5.69 Å². The third kappa shape index (κ3) is 3.43. The molecule has 2 fully saturated rings. The fourth-order valence-electron chi connectivity index (χ4n) is 4.50. The van der Waals surface area contributed by atoms with Crippen LogP contribution < -0.4 is 14.8 Å². The second-order valence-electron chi connectivity index (χ2n) is 7.62. The molecule has 6 nitrogen and oxygen atoms in total. The minimum Gasteiger partial charge on any atom is -0.497 e. The van der Waals surface area contributed by atoms with Crippen molar-refractivity contribution in [3.8, 4) is 11.5 Å². The highest BCUT2D eigenvalue weighted by molar-refractivity contribution is 6.01. The van der Waals surface area contributed by atoms with Gasteiger partial charge in [0.2, 0.25) is 11.8 Å². The number of nitrogens with zero attached hydrogens (tertiary/aromatic N) is 1. The van der Waals surface area contributed by atoms with Gasteiger partial charge in [0, 0.05) is 19.0 Å². The average Bonchev–Trinajstić information content (AvgIpc) is 3.29. The van der Waals surface area contributed by atoms with Gasteiger partial charge in [-0.2, -0.15) is 0 Å². The lowest BCUT2D eigenvalue weighted by Gasteiger charge is -2.29. The molecule has 2 aromatic carbocycles. The maximum Gasteiger partial charge on any atom is 0.237 e. The van der Waals surface area contributed by atoms with E-state index in [1.807, 2.05) is 60.4 Å². The first-order chi connectivity index (χ1) is 14.1. The van der Waals surface area contributed by atoms with Gasteiger partial charge in [-0.1, -0.05) is 24.3 Å². The topological polar surface area (TPSA) is 67.9 Å². The zero-order valence-electron chi connectivity index (χ0n) is 16.8. The second-order valence-corrected chi connectivity index (χ2v) is 7.62. The third-order valence-corrected chi connectivity index (χ3v) is 5.97. The first kappa shape index (κ1) is 19.3. The van der Waals surface area contributed by atoms with Gasteiger partial charge in [-0.25, -0.2) is 0 Å². The summed E-state index contributed by atoms with van der Waals surface area (Å²) in [5.41, 5.74) is 0.680. The van der Waals surface area contributed by atoms with Gasteiger partial charge in [0.05, 0.1) is 24.8 Å². The molecule has 152 valence electrons. The summed E-state index contributed by atoms with van der Waals surface area (Å²) in [6, 6.07) is 15.1. The molecule has 0 radical (unpaired) electrons. The Morgan fingerprint density at radius 1 is 1.24 bits per heavy atom. The molecule has 0 spiro atoms. The standard InChI is InChI=1S/C23H26N2O4/c1-3-29-20-10-5-4-9-19(20)24-22(27)23(16-7-6-8-18(13-16)28-2)14-17-11-12-21(26)25(17)15-23/h4-10,13,17H,3,11-12,14-15H2,1-2H3,(H,24,27). The van der Waals surface area contributed by atoms with E-state index < -0.39 is 5.41 Å². The van der Waals surface area contributed by atoms with Crippen molar-refractivity contribution >= 4 is 17.5 Å². The summed E-state index contributed by atoms with van der Waals surface area (Å²) in [6.45, 7) is 2.80. The Morgan fingerprint density at radius 3 is 2.83 bits per heavy atom. The van der Waals surface area contributed by atoms with E-state index in [1.165, 1.54) is 0 Å². The van der Waals surface area contributed by atoms with E-state index >= 15 is 0 Å². The number of carbonyl (C=O) groups excluding carboxylic acids is 2. The summed E-state index contributed by atoms with van der Waals surface area (Å²) >= 11 is 0. The van der Waals surface area contributed by atoms with Crippen molar-refractivity contribution in [2.75, 3.05) is 25.6 Å². The predicted octanol–water partition coefficient (Wildman–Crippen LogP) is 3.37. The van der Waals surface area contributed by atoms with E-state index in [1.54, 1.807) is 7.11 Å². The number of nitrogens with one attached hydrogen (secondary N) is 1. The Hall–Kier alpha value is -3.02. The largest absolute Gasteiger partial charge is 0.497 e. The maximum absolute atomic E-state index is 13.7. The zero-order valence-corrected chi connectivity index (χ0v) is 16.8. The van der Waals surface area contributed by atoms with E-state index in [-0.39, 0.29) is 17.9 Å². The van der Waals surface area contributed by atoms with Crippen molar-refractivity contribution < 1.29 is 19.1 Å². The lowest BCUT2D eigenvalue weighted by Crippen LogP contribution is -2.43. The summed E-state index contributed by atoms with van der Waals surface area (Å²) in [5.74, 6) is 1.34. The molecule has 1 N–H and O–H groups in total. The van der Waals surface area contributed by atoms with Crippen molar-refractivity contribution in [3.63, 3.8) is 0 Å². The van der Waals surface area contributed by atoms with Crippen molar-refractivity contribution in [2.45, 2.75) is 37.6 Å². The first-order valence-corrected chi connectivity index (χ1v) is 10.0. The minimum absolute atomic E-state index is 0.0987. The number of rotatable bonds is 6. The van der Waals surface area contributed by atoms with Gasteiger partial charge >= 0.3 is 0 Å². The summed E-state index contributed by atoms with van der Waals surface area (Å²) in [4.78, 5) is 27.9. The number of benzene rings is 2. The lowest BCUT2D eigenvalue weighted by atomic mass is 9.76. The number of fused-ring (bicyclic) bond motifs is 1. The van der Waals surface area contributed by atoms with E-state index in [0.29, 0.717) is 43.2 Å². The van der Waals surface area contributed by atoms with E-state index in [0.717, 1.165) is 12.0 Å². The van der Waals surface area contributed by atoms with Gasteiger partial charge in [-0.05, 0) is 49.6 Å².